The number of benzene rings is 1. The highest BCUT2D eigenvalue weighted by Gasteiger charge is 2.23. The van der Waals surface area contributed by atoms with Crippen molar-refractivity contribution >= 4 is 38.5 Å². The summed E-state index contributed by atoms with van der Waals surface area (Å²) in [5, 5.41) is 8.08. The third-order valence-electron chi connectivity index (χ3n) is 4.63. The van der Waals surface area contributed by atoms with Crippen molar-refractivity contribution in [3.8, 4) is 0 Å². The Balaban J connectivity index is 1.59. The van der Waals surface area contributed by atoms with E-state index in [4.69, 9.17) is 0 Å². The predicted octanol–water partition coefficient (Wildman–Crippen LogP) is 3.06. The summed E-state index contributed by atoms with van der Waals surface area (Å²) in [6, 6.07) is 6.50. The quantitative estimate of drug-likeness (QED) is 0.733. The normalized spacial score (nSPS) is 15.3. The van der Waals surface area contributed by atoms with Crippen LogP contribution in [-0.4, -0.2) is 46.3 Å². The Kier molecular flexibility index (Phi) is 3.88. The lowest BCUT2D eigenvalue weighted by molar-refractivity contribution is 0.646. The number of hydrogen-bond acceptors (Lipinski definition) is 5. The maximum absolute atomic E-state index is 4.50. The number of piperazine rings is 1. The average Bonchev–Trinajstić information content (AvgIpc) is 2.97. The van der Waals surface area contributed by atoms with Gasteiger partial charge in [0, 0.05) is 31.9 Å². The molecule has 1 N–H and O–H groups in total. The highest BCUT2D eigenvalue weighted by atomic mass is 79.9. The van der Waals surface area contributed by atoms with E-state index in [0.717, 1.165) is 47.6 Å². The van der Waals surface area contributed by atoms with Crippen molar-refractivity contribution in [2.45, 2.75) is 13.8 Å². The Labute approximate surface area is 149 Å². The highest BCUT2D eigenvalue weighted by Crippen LogP contribution is 2.30. The van der Waals surface area contributed by atoms with E-state index in [9.17, 15) is 0 Å². The molecule has 1 saturated heterocycles. The van der Waals surface area contributed by atoms with Gasteiger partial charge in [-0.25, -0.2) is 9.97 Å². The molecule has 3 aromatic rings. The molecule has 3 heterocycles. The van der Waals surface area contributed by atoms with Crippen LogP contribution in [0.2, 0.25) is 0 Å². The number of rotatable bonds is 2. The van der Waals surface area contributed by atoms with Gasteiger partial charge in [-0.15, -0.1) is 0 Å². The van der Waals surface area contributed by atoms with Crippen molar-refractivity contribution in [1.82, 2.24) is 20.2 Å². The van der Waals surface area contributed by atoms with Crippen molar-refractivity contribution < 1.29 is 0 Å². The lowest BCUT2D eigenvalue weighted by Crippen LogP contribution is -2.47. The Morgan fingerprint density at radius 3 is 2.38 bits per heavy atom. The van der Waals surface area contributed by atoms with Gasteiger partial charge in [0.2, 0.25) is 0 Å². The summed E-state index contributed by atoms with van der Waals surface area (Å²) in [7, 11) is 0. The molecule has 0 bridgehead atoms. The molecule has 1 aromatic carbocycles. The SMILES string of the molecule is Cc1cccc(C)c1N1CCN(c2ncnc3[nH]nc(Br)c23)CC1. The Morgan fingerprint density at radius 2 is 1.67 bits per heavy atom. The Bertz CT molecular complexity index is 862. The van der Waals surface area contributed by atoms with E-state index >= 15 is 0 Å². The smallest absolute Gasteiger partial charge is 0.161 e. The molecule has 124 valence electrons. The minimum atomic E-state index is 0.768. The molecule has 0 saturated carbocycles. The molecule has 24 heavy (non-hydrogen) atoms. The first kappa shape index (κ1) is 15.4. The van der Waals surface area contributed by atoms with Gasteiger partial charge in [-0.05, 0) is 40.9 Å². The second kappa shape index (κ2) is 6.05. The van der Waals surface area contributed by atoms with Gasteiger partial charge in [-0.2, -0.15) is 5.10 Å². The van der Waals surface area contributed by atoms with Gasteiger partial charge in [-0.1, -0.05) is 18.2 Å². The van der Waals surface area contributed by atoms with Gasteiger partial charge in [0.1, 0.15) is 16.7 Å². The van der Waals surface area contributed by atoms with Crippen LogP contribution in [0.4, 0.5) is 11.5 Å². The van der Waals surface area contributed by atoms with Crippen LogP contribution in [0, 0.1) is 13.8 Å². The standard InChI is InChI=1S/C17H19BrN6/c1-11-4-3-5-12(2)14(11)23-6-8-24(9-7-23)17-13-15(18)21-22-16(13)19-10-20-17/h3-5,10H,6-9H2,1-2H3,(H,19,20,21,22). The largest absolute Gasteiger partial charge is 0.368 e. The number of anilines is 2. The van der Waals surface area contributed by atoms with Crippen LogP contribution in [0.3, 0.4) is 0 Å². The van der Waals surface area contributed by atoms with Crippen LogP contribution in [0.5, 0.6) is 0 Å². The predicted molar refractivity (Wildman–Crippen MR) is 99.7 cm³/mol. The first-order valence-corrected chi connectivity index (χ1v) is 8.85. The first-order chi connectivity index (χ1) is 11.6. The minimum absolute atomic E-state index is 0.768. The molecule has 0 radical (unpaired) electrons. The third kappa shape index (κ3) is 2.53. The topological polar surface area (TPSA) is 60.9 Å². The van der Waals surface area contributed by atoms with Crippen LogP contribution >= 0.6 is 15.9 Å². The summed E-state index contributed by atoms with van der Waals surface area (Å²) in [5.74, 6) is 0.946. The van der Waals surface area contributed by atoms with E-state index in [0.29, 0.717) is 0 Å². The molecule has 0 amide bonds. The number of H-pyrrole nitrogens is 1. The average molecular weight is 387 g/mol. The van der Waals surface area contributed by atoms with Crippen LogP contribution in [0.1, 0.15) is 11.1 Å². The monoisotopic (exact) mass is 386 g/mol. The van der Waals surface area contributed by atoms with Crippen LogP contribution in [0.15, 0.2) is 29.1 Å². The maximum Gasteiger partial charge on any atom is 0.161 e. The molecule has 4 rings (SSSR count). The van der Waals surface area contributed by atoms with Gasteiger partial charge in [-0.3, -0.25) is 5.10 Å². The van der Waals surface area contributed by atoms with Crippen LogP contribution in [-0.2, 0) is 0 Å². The zero-order valence-corrected chi connectivity index (χ0v) is 15.3. The molecular formula is C17H19BrN6. The Morgan fingerprint density at radius 1 is 1.00 bits per heavy atom. The Hall–Kier alpha value is -2.15. The fourth-order valence-corrected chi connectivity index (χ4v) is 3.95. The summed E-state index contributed by atoms with van der Waals surface area (Å²) in [6.07, 6.45) is 1.60. The number of aromatic amines is 1. The van der Waals surface area contributed by atoms with E-state index < -0.39 is 0 Å². The summed E-state index contributed by atoms with van der Waals surface area (Å²) in [6.45, 7) is 8.19. The number of para-hydroxylation sites is 1. The van der Waals surface area contributed by atoms with Gasteiger partial charge < -0.3 is 9.80 Å². The molecule has 1 aliphatic heterocycles. The summed E-state index contributed by atoms with van der Waals surface area (Å²) < 4.78 is 0.769. The van der Waals surface area contributed by atoms with E-state index in [2.05, 4.69) is 77.9 Å². The molecular weight excluding hydrogens is 368 g/mol. The van der Waals surface area contributed by atoms with Gasteiger partial charge >= 0.3 is 0 Å². The van der Waals surface area contributed by atoms with E-state index in [-0.39, 0.29) is 0 Å². The molecule has 2 aromatic heterocycles. The zero-order chi connectivity index (χ0) is 16.7. The zero-order valence-electron chi connectivity index (χ0n) is 13.8. The lowest BCUT2D eigenvalue weighted by atomic mass is 10.1. The third-order valence-corrected chi connectivity index (χ3v) is 5.20. The van der Waals surface area contributed by atoms with E-state index in [1.807, 2.05) is 0 Å². The summed E-state index contributed by atoms with van der Waals surface area (Å²) in [4.78, 5) is 13.5. The van der Waals surface area contributed by atoms with Crippen LogP contribution in [0.25, 0.3) is 11.0 Å². The van der Waals surface area contributed by atoms with E-state index in [1.54, 1.807) is 6.33 Å². The number of fused-ring (bicyclic) bond motifs is 1. The van der Waals surface area contributed by atoms with Crippen molar-refractivity contribution in [2.24, 2.45) is 0 Å². The van der Waals surface area contributed by atoms with Crippen molar-refractivity contribution in [3.05, 3.63) is 40.3 Å². The van der Waals surface area contributed by atoms with Crippen LogP contribution < -0.4 is 9.80 Å². The van der Waals surface area contributed by atoms with Gasteiger partial charge in [0.15, 0.2) is 5.65 Å². The number of halogens is 1. The van der Waals surface area contributed by atoms with Crippen molar-refractivity contribution in [2.75, 3.05) is 36.0 Å². The second-order valence-corrected chi connectivity index (χ2v) is 6.90. The number of aromatic nitrogens is 4. The summed E-state index contributed by atoms with van der Waals surface area (Å²) >= 11 is 3.49. The minimum Gasteiger partial charge on any atom is -0.368 e. The van der Waals surface area contributed by atoms with Crippen molar-refractivity contribution in [3.63, 3.8) is 0 Å². The maximum atomic E-state index is 4.50. The van der Waals surface area contributed by atoms with Gasteiger partial charge in [0.05, 0.1) is 5.39 Å². The molecule has 1 fully saturated rings. The fourth-order valence-electron chi connectivity index (χ4n) is 3.50. The summed E-state index contributed by atoms with van der Waals surface area (Å²) in [5.41, 5.74) is 4.81. The van der Waals surface area contributed by atoms with Crippen molar-refractivity contribution in [1.29, 1.82) is 0 Å². The first-order valence-electron chi connectivity index (χ1n) is 8.06. The van der Waals surface area contributed by atoms with Gasteiger partial charge in [0.25, 0.3) is 0 Å². The number of aryl methyl sites for hydroxylation is 2. The lowest BCUT2D eigenvalue weighted by Gasteiger charge is -2.38. The highest BCUT2D eigenvalue weighted by molar-refractivity contribution is 9.10. The molecule has 0 spiro atoms. The molecule has 1 aliphatic rings. The van der Waals surface area contributed by atoms with E-state index in [1.165, 1.54) is 16.8 Å². The molecule has 7 heteroatoms. The number of hydrogen-bond donors (Lipinski definition) is 1. The molecule has 0 atom stereocenters. The number of nitrogens with zero attached hydrogens (tertiary/aromatic N) is 5. The fraction of sp³-hybridized carbons (Fsp3) is 0.353. The molecule has 0 aliphatic carbocycles. The molecule has 6 nitrogen and oxygen atoms in total. The second-order valence-electron chi connectivity index (χ2n) is 6.15. The molecule has 0 unspecified atom stereocenters. The number of nitrogens with one attached hydrogen (secondary N) is 1.